The Morgan fingerprint density at radius 3 is 2.36 bits per heavy atom. The van der Waals surface area contributed by atoms with Crippen LogP contribution in [0.15, 0.2) is 47.7 Å². The minimum absolute atomic E-state index is 0.0725. The summed E-state index contributed by atoms with van der Waals surface area (Å²) < 4.78 is 14.0. The van der Waals surface area contributed by atoms with E-state index in [-0.39, 0.29) is 42.2 Å². The summed E-state index contributed by atoms with van der Waals surface area (Å²) in [4.78, 5) is 29.5. The third-order valence-electron chi connectivity index (χ3n) is 10.8. The van der Waals surface area contributed by atoms with E-state index in [1.54, 1.807) is 0 Å². The molecule has 2 saturated heterocycles. The summed E-state index contributed by atoms with van der Waals surface area (Å²) in [7, 11) is 0.350. The highest BCUT2D eigenvalue weighted by atomic mass is 28.4. The fraction of sp³-hybridized carbons (Fsp3) is 0.559. The molecule has 5 rings (SSSR count). The molecule has 0 aromatic heterocycles. The molecule has 4 atom stereocenters. The molecule has 2 fully saturated rings. The third-order valence-corrected chi connectivity index (χ3v) is 15.6. The number of quaternary nitrogens is 1. The van der Waals surface area contributed by atoms with E-state index < -0.39 is 14.3 Å². The first-order valence-corrected chi connectivity index (χ1v) is 18.7. The lowest BCUT2D eigenvalue weighted by atomic mass is 9.78. The molecular weight excluding hydrogens is 572 g/mol. The molecule has 44 heavy (non-hydrogen) atoms. The minimum atomic E-state index is -1.93. The first kappa shape index (κ1) is 32.2. The molecule has 3 aliphatic heterocycles. The van der Waals surface area contributed by atoms with Crippen molar-refractivity contribution in [1.29, 1.82) is 5.41 Å². The van der Waals surface area contributed by atoms with Crippen LogP contribution < -0.4 is 4.74 Å². The molecule has 10 heteroatoms. The number of fused-ring (bicyclic) bond motifs is 2. The van der Waals surface area contributed by atoms with E-state index in [1.165, 1.54) is 16.8 Å². The number of carbonyl (C=O) groups is 2. The van der Waals surface area contributed by atoms with Crippen molar-refractivity contribution >= 4 is 37.3 Å². The first-order valence-electron chi connectivity index (χ1n) is 16.2. The number of piperazine rings is 1. The van der Waals surface area contributed by atoms with Crippen LogP contribution in [0.1, 0.15) is 40.2 Å². The first-order chi connectivity index (χ1) is 21.0. The van der Waals surface area contributed by atoms with Crippen LogP contribution in [0.25, 0.3) is 10.8 Å². The molecule has 0 saturated carbocycles. The van der Waals surface area contributed by atoms with Gasteiger partial charge in [-0.05, 0) is 36.5 Å². The van der Waals surface area contributed by atoms with Crippen molar-refractivity contribution in [2.45, 2.75) is 71.4 Å². The number of likely N-dealkylation sites (N-methyl/N-ethyl adjacent to an activating group) is 1. The smallest absolute Gasteiger partial charge is 0.352 e. The van der Waals surface area contributed by atoms with Gasteiger partial charge in [0, 0.05) is 22.4 Å². The molecule has 2 N–H and O–H groups in total. The Hall–Kier alpha value is -3.21. The van der Waals surface area contributed by atoms with Gasteiger partial charge in [-0.1, -0.05) is 58.0 Å². The normalized spacial score (nSPS) is 23.9. The molecule has 0 unspecified atom stereocenters. The van der Waals surface area contributed by atoms with E-state index in [4.69, 9.17) is 14.6 Å². The van der Waals surface area contributed by atoms with Crippen molar-refractivity contribution in [3.05, 3.63) is 53.2 Å². The monoisotopic (exact) mass is 621 g/mol. The highest BCUT2D eigenvalue weighted by Crippen LogP contribution is 2.48. The number of β-lactam (4-membered cyclic amide) rings is 1. The van der Waals surface area contributed by atoms with Crippen LogP contribution in [0.2, 0.25) is 18.1 Å². The predicted octanol–water partition coefficient (Wildman–Crippen LogP) is 5.31. The Morgan fingerprint density at radius 2 is 1.75 bits per heavy atom. The second kappa shape index (κ2) is 12.7. The number of rotatable bonds is 13. The summed E-state index contributed by atoms with van der Waals surface area (Å²) in [5.41, 5.74) is 1.98. The third kappa shape index (κ3) is 5.68. The average Bonchev–Trinajstić information content (AvgIpc) is 3.27. The van der Waals surface area contributed by atoms with Gasteiger partial charge in [0.25, 0.3) is 0 Å². The molecular formula is C34H49N4O5Si+. The van der Waals surface area contributed by atoms with Crippen LogP contribution in [-0.2, 0) is 20.6 Å². The number of carboxylic acid groups (broad SMARTS) is 1. The van der Waals surface area contributed by atoms with Gasteiger partial charge in [-0.2, -0.15) is 0 Å². The van der Waals surface area contributed by atoms with Crippen LogP contribution in [0.4, 0.5) is 0 Å². The molecule has 0 bridgehead atoms. The number of aliphatic carboxylic acids is 1. The molecule has 238 valence electrons. The molecule has 2 aromatic carbocycles. The van der Waals surface area contributed by atoms with E-state index >= 15 is 0 Å². The second-order valence-corrected chi connectivity index (χ2v) is 17.9. The number of hydrogen-bond donors (Lipinski definition) is 2. The summed E-state index contributed by atoms with van der Waals surface area (Å²) in [6, 6.07) is 15.1. The SMILES string of the molecule is CC[Si](CC)(CC)O[C@H](C)[C@H]1C(=O)N2C(C(=O)O)=C(COc3cccc4c(C[N+]5(C)CCN(C=N)CC5)cccc34)[C@H](C)[C@H]12. The molecule has 9 nitrogen and oxygen atoms in total. The van der Waals surface area contributed by atoms with Gasteiger partial charge in [-0.15, -0.1) is 0 Å². The van der Waals surface area contributed by atoms with Crippen molar-refractivity contribution < 1.29 is 28.3 Å². The number of amides is 1. The van der Waals surface area contributed by atoms with Crippen LogP contribution >= 0.6 is 0 Å². The predicted molar refractivity (Wildman–Crippen MR) is 175 cm³/mol. The van der Waals surface area contributed by atoms with Gasteiger partial charge >= 0.3 is 5.97 Å². The summed E-state index contributed by atoms with van der Waals surface area (Å²) >= 11 is 0. The van der Waals surface area contributed by atoms with Crippen LogP contribution in [0.3, 0.4) is 0 Å². The molecule has 0 spiro atoms. The van der Waals surface area contributed by atoms with Gasteiger partial charge in [0.05, 0.1) is 57.6 Å². The average molecular weight is 622 g/mol. The maximum atomic E-state index is 13.5. The highest BCUT2D eigenvalue weighted by Gasteiger charge is 2.60. The maximum Gasteiger partial charge on any atom is 0.352 e. The van der Waals surface area contributed by atoms with E-state index in [9.17, 15) is 14.7 Å². The Kier molecular flexibility index (Phi) is 9.25. The fourth-order valence-corrected chi connectivity index (χ4v) is 10.7. The molecule has 3 aliphatic rings. The van der Waals surface area contributed by atoms with Crippen molar-refractivity contribution in [2.24, 2.45) is 11.8 Å². The van der Waals surface area contributed by atoms with E-state index in [0.717, 1.165) is 66.1 Å². The molecule has 3 heterocycles. The minimum Gasteiger partial charge on any atom is -0.488 e. The number of benzene rings is 2. The number of hydrogen-bond acceptors (Lipinski definition) is 5. The van der Waals surface area contributed by atoms with Crippen LogP contribution in [0, 0.1) is 17.2 Å². The van der Waals surface area contributed by atoms with Gasteiger partial charge in [0.15, 0.2) is 8.32 Å². The lowest BCUT2D eigenvalue weighted by molar-refractivity contribution is -0.925. The van der Waals surface area contributed by atoms with Gasteiger partial charge < -0.3 is 28.6 Å². The number of carbonyl (C=O) groups excluding carboxylic acids is 1. The topological polar surface area (TPSA) is 103 Å². The van der Waals surface area contributed by atoms with Gasteiger partial charge in [0.1, 0.15) is 24.6 Å². The largest absolute Gasteiger partial charge is 0.488 e. The summed E-state index contributed by atoms with van der Waals surface area (Å²) in [5, 5.41) is 19.9. The van der Waals surface area contributed by atoms with Crippen LogP contribution in [-0.4, -0.2) is 97.9 Å². The quantitative estimate of drug-likeness (QED) is 0.103. The lowest BCUT2D eigenvalue weighted by Crippen LogP contribution is -2.65. The van der Waals surface area contributed by atoms with Crippen molar-refractivity contribution in [1.82, 2.24) is 9.80 Å². The Morgan fingerprint density at radius 1 is 1.11 bits per heavy atom. The number of carboxylic acids is 1. The van der Waals surface area contributed by atoms with Crippen molar-refractivity contribution in [3.63, 3.8) is 0 Å². The molecule has 2 aromatic rings. The van der Waals surface area contributed by atoms with Crippen LogP contribution in [0.5, 0.6) is 5.75 Å². The van der Waals surface area contributed by atoms with Gasteiger partial charge in [-0.3, -0.25) is 10.2 Å². The molecule has 0 aliphatic carbocycles. The van der Waals surface area contributed by atoms with Crippen molar-refractivity contribution in [3.8, 4) is 5.75 Å². The van der Waals surface area contributed by atoms with E-state index in [2.05, 4.69) is 57.0 Å². The van der Waals surface area contributed by atoms with E-state index in [0.29, 0.717) is 11.3 Å². The van der Waals surface area contributed by atoms with Crippen molar-refractivity contribution in [2.75, 3.05) is 39.8 Å². The lowest BCUT2D eigenvalue weighted by Gasteiger charge is -2.49. The highest BCUT2D eigenvalue weighted by molar-refractivity contribution is 6.73. The summed E-state index contributed by atoms with van der Waals surface area (Å²) in [6.45, 7) is 15.3. The zero-order chi connectivity index (χ0) is 31.8. The second-order valence-electron chi connectivity index (χ2n) is 13.2. The van der Waals surface area contributed by atoms with Gasteiger partial charge in [-0.25, -0.2) is 4.79 Å². The molecule has 1 amide bonds. The number of ether oxygens (including phenoxy) is 1. The summed E-state index contributed by atoms with van der Waals surface area (Å²) in [5.74, 6) is -1.02. The standard InChI is InChI=1S/C34H48N4O5Si/c1-7-44(8-2,9-3)43-24(5)30-31-23(4)28(32(34(40)41)37(31)33(30)39)21-42-29-15-11-13-26-25(12-10-14-27(26)29)20-38(6)18-16-36(22-35)17-19-38/h10-15,22-24,30-31,35H,7-9,16-21H2,1-6H3/p+1/t23-,24+,30+,31+/m0/s1. The maximum absolute atomic E-state index is 13.5. The number of nitrogens with one attached hydrogen (secondary N) is 1. The molecule has 0 radical (unpaired) electrons. The zero-order valence-corrected chi connectivity index (χ0v) is 28.1. The van der Waals surface area contributed by atoms with E-state index in [1.807, 2.05) is 26.0 Å². The fourth-order valence-electron chi connectivity index (χ4n) is 7.72. The van der Waals surface area contributed by atoms with Gasteiger partial charge in [0.2, 0.25) is 5.91 Å². The summed E-state index contributed by atoms with van der Waals surface area (Å²) in [6.07, 6.45) is 1.19. The number of nitrogens with zero attached hydrogens (tertiary/aromatic N) is 3. The Bertz CT molecular complexity index is 1440. The Balaban J connectivity index is 1.35. The Labute approximate surface area is 262 Å². The zero-order valence-electron chi connectivity index (χ0n) is 27.1.